The predicted molar refractivity (Wildman–Crippen MR) is 132 cm³/mol. The van der Waals surface area contributed by atoms with Crippen molar-refractivity contribution in [2.75, 3.05) is 0 Å². The second-order valence-corrected chi connectivity index (χ2v) is 7.31. The third-order valence-electron chi connectivity index (χ3n) is 4.97. The highest BCUT2D eigenvalue weighted by Gasteiger charge is 2.05. The first kappa shape index (κ1) is 22.2. The molecule has 34 heavy (non-hydrogen) atoms. The van der Waals surface area contributed by atoms with Gasteiger partial charge in [0, 0.05) is 36.7 Å². The molecule has 0 spiro atoms. The largest absolute Gasteiger partial charge is 0.269 e. The van der Waals surface area contributed by atoms with Crippen LogP contribution in [0.25, 0.3) is 35.7 Å². The fourth-order valence-corrected chi connectivity index (χ4v) is 3.18. The lowest BCUT2D eigenvalue weighted by atomic mass is 10.1. The lowest BCUT2D eigenvalue weighted by molar-refractivity contribution is -0.385. The second kappa shape index (κ2) is 10.1. The summed E-state index contributed by atoms with van der Waals surface area (Å²) in [6, 6.07) is 20.2. The van der Waals surface area contributed by atoms with Crippen LogP contribution >= 0.6 is 0 Å². The monoisotopic (exact) mass is 450 g/mol. The summed E-state index contributed by atoms with van der Waals surface area (Å²) in [5.41, 5.74) is 5.04. The molecule has 0 saturated heterocycles. The van der Waals surface area contributed by atoms with Gasteiger partial charge in [0.2, 0.25) is 0 Å². The molecule has 4 rings (SSSR count). The Morgan fingerprint density at radius 3 is 1.24 bits per heavy atom. The van der Waals surface area contributed by atoms with Gasteiger partial charge >= 0.3 is 0 Å². The molecule has 0 aliphatic heterocycles. The molecule has 0 saturated carbocycles. The molecule has 8 nitrogen and oxygen atoms in total. The average molecular weight is 450 g/mol. The van der Waals surface area contributed by atoms with Crippen LogP contribution in [0.1, 0.15) is 22.3 Å². The van der Waals surface area contributed by atoms with E-state index in [9.17, 15) is 20.2 Å². The van der Waals surface area contributed by atoms with Crippen molar-refractivity contribution in [3.63, 3.8) is 0 Å². The number of aromatic nitrogens is 2. The minimum Gasteiger partial charge on any atom is -0.258 e. The van der Waals surface area contributed by atoms with Gasteiger partial charge in [-0.25, -0.2) is 0 Å². The van der Waals surface area contributed by atoms with Crippen molar-refractivity contribution in [3.8, 4) is 11.4 Å². The maximum absolute atomic E-state index is 10.8. The van der Waals surface area contributed by atoms with E-state index in [1.165, 1.54) is 24.3 Å². The van der Waals surface area contributed by atoms with Gasteiger partial charge in [-0.15, -0.1) is 0 Å². The van der Waals surface area contributed by atoms with E-state index in [-0.39, 0.29) is 11.4 Å². The number of nitro benzene ring substituents is 2. The van der Waals surface area contributed by atoms with Crippen LogP contribution in [0.4, 0.5) is 11.4 Å². The van der Waals surface area contributed by atoms with Crippen molar-refractivity contribution in [2.24, 2.45) is 0 Å². The minimum atomic E-state index is -0.426. The smallest absolute Gasteiger partial charge is 0.258 e. The normalized spacial score (nSPS) is 11.2. The third kappa shape index (κ3) is 5.63. The van der Waals surface area contributed by atoms with Crippen molar-refractivity contribution < 1.29 is 9.85 Å². The van der Waals surface area contributed by atoms with Gasteiger partial charge in [-0.3, -0.25) is 30.2 Å². The Morgan fingerprint density at radius 1 is 0.529 bits per heavy atom. The van der Waals surface area contributed by atoms with Crippen LogP contribution in [-0.2, 0) is 0 Å². The van der Waals surface area contributed by atoms with E-state index in [1.54, 1.807) is 36.7 Å². The van der Waals surface area contributed by atoms with Crippen LogP contribution in [0, 0.1) is 20.2 Å². The summed E-state index contributed by atoms with van der Waals surface area (Å²) in [4.78, 5) is 29.6. The molecule has 2 aromatic heterocycles. The topological polar surface area (TPSA) is 112 Å². The summed E-state index contributed by atoms with van der Waals surface area (Å²) in [6.07, 6.45) is 11.0. The van der Waals surface area contributed by atoms with Crippen LogP contribution < -0.4 is 0 Å². The molecule has 0 bridgehead atoms. The van der Waals surface area contributed by atoms with Gasteiger partial charge in [0.25, 0.3) is 11.4 Å². The predicted octanol–water partition coefficient (Wildman–Crippen LogP) is 6.30. The summed E-state index contributed by atoms with van der Waals surface area (Å²) < 4.78 is 0. The molecule has 2 heterocycles. The lowest BCUT2D eigenvalue weighted by Crippen LogP contribution is -1.89. The number of hydrogen-bond acceptors (Lipinski definition) is 6. The highest BCUT2D eigenvalue weighted by atomic mass is 16.6. The van der Waals surface area contributed by atoms with Crippen LogP contribution in [0.5, 0.6) is 0 Å². The third-order valence-corrected chi connectivity index (χ3v) is 4.97. The van der Waals surface area contributed by atoms with Gasteiger partial charge in [-0.1, -0.05) is 24.3 Å². The highest BCUT2D eigenvalue weighted by molar-refractivity contribution is 5.74. The van der Waals surface area contributed by atoms with Crippen LogP contribution in [0.2, 0.25) is 0 Å². The van der Waals surface area contributed by atoms with E-state index >= 15 is 0 Å². The molecule has 2 aromatic carbocycles. The Morgan fingerprint density at radius 2 is 0.882 bits per heavy atom. The fourth-order valence-electron chi connectivity index (χ4n) is 3.18. The van der Waals surface area contributed by atoms with Crippen LogP contribution in [0.15, 0.2) is 85.2 Å². The van der Waals surface area contributed by atoms with E-state index in [1.807, 2.05) is 48.6 Å². The lowest BCUT2D eigenvalue weighted by Gasteiger charge is -2.03. The van der Waals surface area contributed by atoms with Crippen molar-refractivity contribution in [3.05, 3.63) is 128 Å². The van der Waals surface area contributed by atoms with Gasteiger partial charge in [-0.2, -0.15) is 0 Å². The number of rotatable bonds is 7. The first-order chi connectivity index (χ1) is 16.5. The molecule has 0 radical (unpaired) electrons. The molecule has 166 valence electrons. The Kier molecular flexibility index (Phi) is 6.60. The average Bonchev–Trinajstić information content (AvgIpc) is 2.87. The highest BCUT2D eigenvalue weighted by Crippen LogP contribution is 2.20. The molecule has 0 aliphatic carbocycles. The van der Waals surface area contributed by atoms with E-state index in [0.717, 1.165) is 22.3 Å². The summed E-state index contributed by atoms with van der Waals surface area (Å²) in [7, 11) is 0. The van der Waals surface area contributed by atoms with Crippen molar-refractivity contribution >= 4 is 35.7 Å². The van der Waals surface area contributed by atoms with E-state index in [2.05, 4.69) is 9.97 Å². The Bertz CT molecular complexity index is 1290. The molecule has 0 amide bonds. The molecule has 8 heteroatoms. The van der Waals surface area contributed by atoms with Crippen molar-refractivity contribution in [2.45, 2.75) is 0 Å². The number of hydrogen-bond donors (Lipinski definition) is 0. The van der Waals surface area contributed by atoms with E-state index in [4.69, 9.17) is 0 Å². The van der Waals surface area contributed by atoms with Crippen molar-refractivity contribution in [1.29, 1.82) is 0 Å². The molecule has 0 fully saturated rings. The van der Waals surface area contributed by atoms with Gasteiger partial charge in [-0.05, 0) is 70.8 Å². The minimum absolute atomic E-state index is 0.0527. The summed E-state index contributed by atoms with van der Waals surface area (Å²) in [6.45, 7) is 0. The van der Waals surface area contributed by atoms with Gasteiger partial charge in [0.05, 0.1) is 21.2 Å². The molecule has 0 unspecified atom stereocenters. The summed E-state index contributed by atoms with van der Waals surface area (Å²) in [5.74, 6) is 0. The maximum Gasteiger partial charge on any atom is 0.269 e. The number of nitro groups is 2. The van der Waals surface area contributed by atoms with Gasteiger partial charge < -0.3 is 0 Å². The zero-order valence-corrected chi connectivity index (χ0v) is 17.8. The van der Waals surface area contributed by atoms with Crippen molar-refractivity contribution in [1.82, 2.24) is 9.97 Å². The fraction of sp³-hybridized carbons (Fsp3) is 0. The van der Waals surface area contributed by atoms with E-state index in [0.29, 0.717) is 11.4 Å². The Hall–Kier alpha value is -4.98. The number of non-ortho nitro benzene ring substituents is 2. The summed E-state index contributed by atoms with van der Waals surface area (Å²) in [5, 5.41) is 21.6. The number of nitrogens with zero attached hydrogens (tertiary/aromatic N) is 4. The number of pyridine rings is 2. The van der Waals surface area contributed by atoms with Gasteiger partial charge in [0.1, 0.15) is 0 Å². The molecule has 0 atom stereocenters. The molecular formula is C26H18N4O4. The van der Waals surface area contributed by atoms with Gasteiger partial charge in [0.15, 0.2) is 0 Å². The molecule has 0 N–H and O–H groups in total. The summed E-state index contributed by atoms with van der Waals surface area (Å²) >= 11 is 0. The quantitative estimate of drug-likeness (QED) is 0.241. The second-order valence-electron chi connectivity index (χ2n) is 7.31. The van der Waals surface area contributed by atoms with Crippen LogP contribution in [0.3, 0.4) is 0 Å². The molecular weight excluding hydrogens is 432 g/mol. The van der Waals surface area contributed by atoms with E-state index < -0.39 is 9.85 Å². The maximum atomic E-state index is 10.8. The standard InChI is InChI=1S/C26H18N4O4/c31-29(32)23-9-5-19(6-10-23)1-3-21-13-15-27-25(17-21)26-18-22(14-16-28-26)4-2-20-7-11-24(12-8-20)30(33)34/h1-18H/b3-1+,4-2+. The SMILES string of the molecule is O=[N+]([O-])c1ccc(/C=C/c2ccnc(-c3cc(/C=C/c4ccc([N+](=O)[O-])cc4)ccn3)c2)cc1. The number of benzene rings is 2. The Labute approximate surface area is 194 Å². The van der Waals surface area contributed by atoms with Crippen LogP contribution in [-0.4, -0.2) is 19.8 Å². The zero-order valence-electron chi connectivity index (χ0n) is 17.8. The molecule has 0 aliphatic rings. The Balaban J connectivity index is 1.50. The first-order valence-electron chi connectivity index (χ1n) is 10.3. The molecule has 4 aromatic rings. The zero-order chi connectivity index (χ0) is 23.9. The first-order valence-corrected chi connectivity index (χ1v) is 10.3.